The molecule has 0 fully saturated rings. The van der Waals surface area contributed by atoms with E-state index in [0.29, 0.717) is 30.2 Å². The van der Waals surface area contributed by atoms with Crippen LogP contribution in [0.15, 0.2) is 42.5 Å². The highest BCUT2D eigenvalue weighted by Gasteiger charge is 2.12. The van der Waals surface area contributed by atoms with Gasteiger partial charge in [-0.25, -0.2) is 4.39 Å². The van der Waals surface area contributed by atoms with Gasteiger partial charge in [-0.05, 0) is 32.0 Å². The van der Waals surface area contributed by atoms with Crippen LogP contribution >= 0.6 is 0 Å². The van der Waals surface area contributed by atoms with Gasteiger partial charge in [0, 0.05) is 17.7 Å². The highest BCUT2D eigenvalue weighted by Crippen LogP contribution is 2.32. The Bertz CT molecular complexity index is 646. The topological polar surface area (TPSA) is 30.5 Å². The minimum Gasteiger partial charge on any atom is -0.490 e. The largest absolute Gasteiger partial charge is 0.490 e. The van der Waals surface area contributed by atoms with Gasteiger partial charge < -0.3 is 14.8 Å². The minimum absolute atomic E-state index is 0.180. The van der Waals surface area contributed by atoms with Crippen LogP contribution in [-0.4, -0.2) is 13.2 Å². The molecule has 0 aliphatic heterocycles. The van der Waals surface area contributed by atoms with Crippen molar-refractivity contribution in [3.63, 3.8) is 0 Å². The lowest BCUT2D eigenvalue weighted by Gasteiger charge is -2.17. The van der Waals surface area contributed by atoms with Crippen LogP contribution in [0.3, 0.4) is 0 Å². The Labute approximate surface area is 150 Å². The van der Waals surface area contributed by atoms with E-state index in [1.54, 1.807) is 12.1 Å². The lowest BCUT2D eigenvalue weighted by molar-refractivity contribution is 0.262. The van der Waals surface area contributed by atoms with Crippen molar-refractivity contribution in [3.8, 4) is 11.5 Å². The van der Waals surface area contributed by atoms with Gasteiger partial charge in [0.05, 0.1) is 6.61 Å². The molecule has 0 aliphatic carbocycles. The second-order valence-corrected chi connectivity index (χ2v) is 5.94. The summed E-state index contributed by atoms with van der Waals surface area (Å²) in [4.78, 5) is 0. The van der Waals surface area contributed by atoms with Gasteiger partial charge in [-0.3, -0.25) is 0 Å². The molecule has 3 nitrogen and oxygen atoms in total. The summed E-state index contributed by atoms with van der Waals surface area (Å²) in [5.74, 6) is 1.14. The van der Waals surface area contributed by atoms with Crippen LogP contribution in [0.5, 0.6) is 11.5 Å². The molecule has 0 radical (unpaired) electrons. The first-order chi connectivity index (χ1) is 12.3. The van der Waals surface area contributed by atoms with Crippen molar-refractivity contribution in [2.75, 3.05) is 13.2 Å². The van der Waals surface area contributed by atoms with Gasteiger partial charge in [0.25, 0.3) is 0 Å². The second kappa shape index (κ2) is 10.7. The summed E-state index contributed by atoms with van der Waals surface area (Å²) in [6, 6.07) is 12.5. The molecular weight excluding hydrogens is 317 g/mol. The normalized spacial score (nSPS) is 10.7. The zero-order chi connectivity index (χ0) is 17.9. The van der Waals surface area contributed by atoms with Crippen molar-refractivity contribution in [2.24, 2.45) is 0 Å². The summed E-state index contributed by atoms with van der Waals surface area (Å²) in [6.45, 7) is 6.55. The molecule has 0 heterocycles. The zero-order valence-corrected chi connectivity index (χ0v) is 15.2. The first-order valence-electron chi connectivity index (χ1n) is 9.07. The molecule has 0 amide bonds. The Morgan fingerprint density at radius 3 is 2.48 bits per heavy atom. The van der Waals surface area contributed by atoms with Crippen LogP contribution in [0.1, 0.15) is 44.2 Å². The van der Waals surface area contributed by atoms with Crippen molar-refractivity contribution in [2.45, 2.75) is 46.3 Å². The smallest absolute Gasteiger partial charge is 0.166 e. The van der Waals surface area contributed by atoms with Crippen molar-refractivity contribution < 1.29 is 13.9 Å². The molecule has 2 aromatic carbocycles. The molecule has 0 saturated heterocycles. The van der Waals surface area contributed by atoms with Gasteiger partial charge in [0.1, 0.15) is 12.4 Å². The summed E-state index contributed by atoms with van der Waals surface area (Å²) >= 11 is 0. The zero-order valence-electron chi connectivity index (χ0n) is 15.2. The molecule has 4 heteroatoms. The standard InChI is InChI=1S/C21H28FNO2/c1-3-5-8-14-23-15-17-11-9-13-20(24-4-2)21(17)25-16-18-10-6-7-12-19(18)22/h6-7,9-13,23H,3-5,8,14-16H2,1-2H3. The lowest BCUT2D eigenvalue weighted by atomic mass is 10.1. The summed E-state index contributed by atoms with van der Waals surface area (Å²) in [5.41, 5.74) is 1.56. The average molecular weight is 345 g/mol. The van der Waals surface area contributed by atoms with Gasteiger partial charge in [0.2, 0.25) is 0 Å². The number of hydrogen-bond donors (Lipinski definition) is 1. The number of benzene rings is 2. The molecule has 0 unspecified atom stereocenters. The van der Waals surface area contributed by atoms with Crippen LogP contribution in [0.4, 0.5) is 4.39 Å². The van der Waals surface area contributed by atoms with Gasteiger partial charge in [0.15, 0.2) is 11.5 Å². The van der Waals surface area contributed by atoms with E-state index in [1.807, 2.05) is 31.2 Å². The van der Waals surface area contributed by atoms with Crippen LogP contribution in [0.2, 0.25) is 0 Å². The molecule has 0 spiro atoms. The summed E-state index contributed by atoms with van der Waals surface area (Å²) in [5, 5.41) is 3.45. The fraction of sp³-hybridized carbons (Fsp3) is 0.429. The monoisotopic (exact) mass is 345 g/mol. The number of nitrogens with one attached hydrogen (secondary N) is 1. The Morgan fingerprint density at radius 1 is 0.920 bits per heavy atom. The molecule has 0 aliphatic rings. The number of para-hydroxylation sites is 1. The van der Waals surface area contributed by atoms with E-state index >= 15 is 0 Å². The molecule has 25 heavy (non-hydrogen) atoms. The molecule has 0 aromatic heterocycles. The van der Waals surface area contributed by atoms with E-state index in [2.05, 4.69) is 12.2 Å². The molecule has 1 N–H and O–H groups in total. The number of rotatable bonds is 11. The molecule has 2 rings (SSSR count). The van der Waals surface area contributed by atoms with Gasteiger partial charge in [-0.1, -0.05) is 50.1 Å². The average Bonchev–Trinajstić information content (AvgIpc) is 2.62. The van der Waals surface area contributed by atoms with Crippen molar-refractivity contribution in [3.05, 3.63) is 59.4 Å². The predicted octanol–water partition coefficient (Wildman–Crippen LogP) is 5.08. The third-order valence-corrected chi connectivity index (χ3v) is 3.96. The number of ether oxygens (including phenoxy) is 2. The highest BCUT2D eigenvalue weighted by atomic mass is 19.1. The molecular formula is C21H28FNO2. The van der Waals surface area contributed by atoms with Crippen molar-refractivity contribution in [1.29, 1.82) is 0 Å². The summed E-state index contributed by atoms with van der Waals surface area (Å²) in [6.07, 6.45) is 3.59. The SMILES string of the molecule is CCCCCNCc1cccc(OCC)c1OCc1ccccc1F. The lowest BCUT2D eigenvalue weighted by Crippen LogP contribution is -2.16. The molecule has 0 bridgehead atoms. The Kier molecular flexibility index (Phi) is 8.26. The third-order valence-electron chi connectivity index (χ3n) is 3.96. The van der Waals surface area contributed by atoms with Crippen molar-refractivity contribution >= 4 is 0 Å². The van der Waals surface area contributed by atoms with E-state index in [0.717, 1.165) is 18.5 Å². The Morgan fingerprint density at radius 2 is 1.72 bits per heavy atom. The van der Waals surface area contributed by atoms with Crippen LogP contribution in [0.25, 0.3) is 0 Å². The highest BCUT2D eigenvalue weighted by molar-refractivity contribution is 5.46. The number of halogens is 1. The van der Waals surface area contributed by atoms with Crippen LogP contribution in [-0.2, 0) is 13.2 Å². The Hall–Kier alpha value is -2.07. The van der Waals surface area contributed by atoms with Gasteiger partial charge in [-0.2, -0.15) is 0 Å². The van der Waals surface area contributed by atoms with E-state index in [9.17, 15) is 4.39 Å². The molecule has 2 aromatic rings. The van der Waals surface area contributed by atoms with E-state index in [4.69, 9.17) is 9.47 Å². The molecule has 136 valence electrons. The van der Waals surface area contributed by atoms with Crippen LogP contribution < -0.4 is 14.8 Å². The fourth-order valence-electron chi connectivity index (χ4n) is 2.62. The fourth-order valence-corrected chi connectivity index (χ4v) is 2.62. The first-order valence-corrected chi connectivity index (χ1v) is 9.07. The number of unbranched alkanes of at least 4 members (excludes halogenated alkanes) is 2. The summed E-state index contributed by atoms with van der Waals surface area (Å²) < 4.78 is 25.5. The van der Waals surface area contributed by atoms with Crippen LogP contribution in [0, 0.1) is 5.82 Å². The molecule has 0 saturated carbocycles. The molecule has 0 atom stereocenters. The maximum Gasteiger partial charge on any atom is 0.166 e. The van der Waals surface area contributed by atoms with Crippen molar-refractivity contribution in [1.82, 2.24) is 5.32 Å². The quantitative estimate of drug-likeness (QED) is 0.576. The van der Waals surface area contributed by atoms with E-state index in [1.165, 1.54) is 18.9 Å². The second-order valence-electron chi connectivity index (χ2n) is 5.94. The first kappa shape index (κ1) is 19.3. The third kappa shape index (κ3) is 6.05. The van der Waals surface area contributed by atoms with Gasteiger partial charge in [-0.15, -0.1) is 0 Å². The maximum atomic E-state index is 13.8. The number of hydrogen-bond acceptors (Lipinski definition) is 3. The Balaban J connectivity index is 2.08. The van der Waals surface area contributed by atoms with E-state index < -0.39 is 0 Å². The predicted molar refractivity (Wildman–Crippen MR) is 99.6 cm³/mol. The minimum atomic E-state index is -0.254. The van der Waals surface area contributed by atoms with E-state index in [-0.39, 0.29) is 12.4 Å². The summed E-state index contributed by atoms with van der Waals surface area (Å²) in [7, 11) is 0. The van der Waals surface area contributed by atoms with Gasteiger partial charge >= 0.3 is 0 Å². The maximum absolute atomic E-state index is 13.8.